The quantitative estimate of drug-likeness (QED) is 0.0108. The van der Waals surface area contributed by atoms with Gasteiger partial charge in [0.1, 0.15) is 13.3 Å². The number of rotatable bonds is 22. The summed E-state index contributed by atoms with van der Waals surface area (Å²) in [7, 11) is 12.2. The van der Waals surface area contributed by atoms with Gasteiger partial charge in [-0.2, -0.15) is 0 Å². The molecule has 0 bridgehead atoms. The summed E-state index contributed by atoms with van der Waals surface area (Å²) in [5.41, 5.74) is 5.43. The highest BCUT2D eigenvalue weighted by atomic mass is 79.9. The van der Waals surface area contributed by atoms with Gasteiger partial charge in [-0.3, -0.25) is 0 Å². The van der Waals surface area contributed by atoms with Gasteiger partial charge in [-0.15, -0.1) is 0 Å². The highest BCUT2D eigenvalue weighted by molar-refractivity contribution is 9.09. The van der Waals surface area contributed by atoms with Crippen LogP contribution < -0.4 is 0 Å². The van der Waals surface area contributed by atoms with Crippen LogP contribution in [0.4, 0.5) is 4.39 Å². The van der Waals surface area contributed by atoms with Crippen LogP contribution in [-0.2, 0) is 90.7 Å². The second kappa shape index (κ2) is 82.8. The molecule has 706 valence electrons. The molecule has 0 amide bonds. The van der Waals surface area contributed by atoms with Crippen molar-refractivity contribution in [1.29, 1.82) is 0 Å². The van der Waals surface area contributed by atoms with E-state index in [0.29, 0.717) is 77.3 Å². The first-order valence-corrected chi connectivity index (χ1v) is 42.4. The van der Waals surface area contributed by atoms with Gasteiger partial charge in [0.25, 0.3) is 5.60 Å². The molecule has 33 heteroatoms. The third-order valence-electron chi connectivity index (χ3n) is 15.1. The smallest absolute Gasteiger partial charge is 0.356 e. The molecule has 28 nitrogen and oxygen atoms in total. The third-order valence-corrected chi connectivity index (χ3v) is 16.7. The number of halogens is 5. The minimum Gasteiger partial charge on any atom is -0.466 e. The van der Waals surface area contributed by atoms with E-state index in [1.54, 1.807) is 36.4 Å². The molecule has 3 aliphatic heterocycles. The number of oxime groups is 6. The zero-order chi connectivity index (χ0) is 98.8. The Balaban J connectivity index is -0.000000252. The van der Waals surface area contributed by atoms with E-state index in [1.165, 1.54) is 64.0 Å². The van der Waals surface area contributed by atoms with E-state index in [9.17, 15) is 38.0 Å². The van der Waals surface area contributed by atoms with E-state index in [0.717, 1.165) is 33.8 Å². The highest BCUT2D eigenvalue weighted by Crippen LogP contribution is 2.33. The van der Waals surface area contributed by atoms with Gasteiger partial charge in [-0.25, -0.2) is 38.0 Å². The fraction of sp³-hybridized carbons (Fsp3) is 0.394. The van der Waals surface area contributed by atoms with E-state index in [-0.39, 0.29) is 58.2 Å². The lowest BCUT2D eigenvalue weighted by Gasteiger charge is -2.22. The van der Waals surface area contributed by atoms with Crippen molar-refractivity contribution in [3.05, 3.63) is 264 Å². The van der Waals surface area contributed by atoms with Gasteiger partial charge in [0, 0.05) is 66.6 Å². The number of hydrogen-bond acceptors (Lipinski definition) is 28. The summed E-state index contributed by atoms with van der Waals surface area (Å²) < 4.78 is 52.6. The molecule has 3 N–H and O–H groups in total. The summed E-state index contributed by atoms with van der Waals surface area (Å²) in [5.74, 6) is -2.98. The summed E-state index contributed by atoms with van der Waals surface area (Å²) in [4.78, 5) is 92.7. The molecule has 0 saturated heterocycles. The van der Waals surface area contributed by atoms with E-state index in [4.69, 9.17) is 83.9 Å². The fourth-order valence-corrected chi connectivity index (χ4v) is 9.28. The summed E-state index contributed by atoms with van der Waals surface area (Å²) >= 11 is 19.5. The van der Waals surface area contributed by atoms with Crippen LogP contribution in [0, 0.1) is 0 Å². The number of ether oxygens (including phenoxy) is 9. The molecule has 6 aromatic carbocycles. The number of benzene rings is 6. The van der Waals surface area contributed by atoms with Crippen molar-refractivity contribution >= 4 is 125 Å². The van der Waals surface area contributed by atoms with E-state index >= 15 is 0 Å². The van der Waals surface area contributed by atoms with Crippen molar-refractivity contribution in [1.82, 2.24) is 0 Å². The molecule has 9 rings (SSSR count). The molecule has 3 unspecified atom stereocenters. The molecule has 0 radical (unpaired) electrons. The van der Waals surface area contributed by atoms with Gasteiger partial charge in [0.15, 0.2) is 15.5 Å². The van der Waals surface area contributed by atoms with Gasteiger partial charge in [0.05, 0.1) is 84.7 Å². The van der Waals surface area contributed by atoms with Gasteiger partial charge < -0.3 is 72.8 Å². The largest absolute Gasteiger partial charge is 0.466 e. The molecule has 0 aliphatic carbocycles. The van der Waals surface area contributed by atoms with E-state index in [2.05, 4.69) is 96.9 Å². The van der Waals surface area contributed by atoms with Crippen LogP contribution in [0.2, 0.25) is 0 Å². The van der Waals surface area contributed by atoms with Crippen LogP contribution in [0.1, 0.15) is 176 Å². The molecule has 3 aliphatic rings. The summed E-state index contributed by atoms with van der Waals surface area (Å²) in [6.45, 7) is 42.5. The summed E-state index contributed by atoms with van der Waals surface area (Å²) in [6, 6.07) is 56.1. The van der Waals surface area contributed by atoms with Crippen molar-refractivity contribution in [3.8, 4) is 0 Å². The maximum Gasteiger partial charge on any atom is 0.356 e. The monoisotopic (exact) mass is 1900 g/mol. The van der Waals surface area contributed by atoms with Crippen LogP contribution in [-0.4, -0.2) is 196 Å². The molecule has 0 aromatic heterocycles. The van der Waals surface area contributed by atoms with E-state index < -0.39 is 41.4 Å². The Hall–Kier alpha value is -11.4. The van der Waals surface area contributed by atoms with Gasteiger partial charge in [-0.1, -0.05) is 394 Å². The average Bonchev–Trinajstić information content (AvgIpc) is 1.66. The van der Waals surface area contributed by atoms with Crippen LogP contribution in [0.5, 0.6) is 0 Å². The van der Waals surface area contributed by atoms with E-state index in [1.807, 2.05) is 249 Å². The van der Waals surface area contributed by atoms with Gasteiger partial charge in [-0.05, 0) is 36.0 Å². The first-order valence-electron chi connectivity index (χ1n) is 40.2. The second-order valence-electron chi connectivity index (χ2n) is 22.8. The maximum atomic E-state index is 11.8. The molecule has 3 atom stereocenters. The van der Waals surface area contributed by atoms with Gasteiger partial charge >= 0.3 is 41.8 Å². The summed E-state index contributed by atoms with van der Waals surface area (Å²) in [6.07, 6.45) is 3.00. The Kier molecular flexibility index (Phi) is 84.0. The number of carbonyl (C=O) groups excluding carboxylic acids is 7. The number of carbonyl (C=O) groups is 7. The van der Waals surface area contributed by atoms with Crippen molar-refractivity contribution < 1.29 is 111 Å². The van der Waals surface area contributed by atoms with Crippen molar-refractivity contribution in [2.75, 3.05) is 89.2 Å². The normalized spacial score (nSPS) is 14.4. The fourth-order valence-electron chi connectivity index (χ4n) is 8.68. The second-order valence-corrected chi connectivity index (χ2v) is 24.5. The zero-order valence-corrected chi connectivity index (χ0v) is 81.7. The Labute approximate surface area is 774 Å². The predicted octanol–water partition coefficient (Wildman–Crippen LogP) is 21.3. The molecule has 0 spiro atoms. The lowest BCUT2D eigenvalue weighted by Crippen LogP contribution is -2.44. The molecular weight excluding hydrogens is 1770 g/mol. The Morgan fingerprint density at radius 3 is 0.811 bits per heavy atom. The SMILES string of the molecule is C=C(CBr)C(=O)OC.C=C(CC)C(=O)OC.C=C(CF)C(=O)OC.C=C(COC)C(=O)OC.CC.CC.CC.CC.CC.CC.CCC1(C(=O)OC)CC(c2ccccc2)=NO1.CCC1(C(=O)OC)CC(c2ccccc2)=NO1.COCC1(C(=O)OC)CC(c2ccccc2)=NO1.O/N=C(\Cl)c1ccccc1.O/N=C(\Cl)c1ccccc1.O/N=C(\Cl)c1ccccc1. The first-order chi connectivity index (χ1) is 61.0. The topological polar surface area (TPSA) is 365 Å². The van der Waals surface area contributed by atoms with Crippen molar-refractivity contribution in [2.45, 2.75) is 159 Å². The summed E-state index contributed by atoms with van der Waals surface area (Å²) in [5, 5.41) is 46.1. The van der Waals surface area contributed by atoms with Crippen LogP contribution >= 0.6 is 50.7 Å². The Bertz CT molecular complexity index is 3880. The number of alkyl halides is 2. The van der Waals surface area contributed by atoms with Crippen molar-refractivity contribution in [3.63, 3.8) is 0 Å². The number of esters is 7. The maximum absolute atomic E-state index is 11.8. The van der Waals surface area contributed by atoms with Crippen molar-refractivity contribution in [2.24, 2.45) is 30.9 Å². The third kappa shape index (κ3) is 52.3. The molecule has 3 heterocycles. The highest BCUT2D eigenvalue weighted by Gasteiger charge is 2.49. The minimum absolute atomic E-state index is 0.111. The minimum atomic E-state index is -1.16. The average molecular weight is 1900 g/mol. The molecule has 127 heavy (non-hydrogen) atoms. The van der Waals surface area contributed by atoms with Crippen LogP contribution in [0.3, 0.4) is 0 Å². The number of hydrogen-bond donors (Lipinski definition) is 3. The van der Waals surface area contributed by atoms with Gasteiger partial charge in [0.2, 0.25) is 11.2 Å². The molecule has 0 saturated carbocycles. The lowest BCUT2D eigenvalue weighted by molar-refractivity contribution is -0.172. The first kappa shape index (κ1) is 129. The number of methoxy groups -OCH3 is 9. The molecular formula is C94H133BrCl3FN6O22. The Morgan fingerprint density at radius 2 is 0.614 bits per heavy atom. The molecule has 0 fully saturated rings. The standard InChI is InChI=1S/C13H15NO4.2C13H15NO3.3C7H6ClNO.C6H10O3.C6H10O2.C5H7BrO2.C5H7FO2.6C2H6/c1-16-9-13(12(15)17-2)8-11(14-18-13)10-6-4-3-5-7-10;2*1-3-13(12(15)16-2)9-11(14-17-13)10-7-5-4-6-8-10;3*8-7(9-10)6-4-2-1-3-5-6;1-5(4-8-2)6(7)9-3;1-4-5(2)6(7)8-3;2*1-4(3-6)5(7)8-2;6*1-2/h3-7H,8-9H2,1-2H3;2*4-8H,3,9H2,1-2H3;3*1-5,10H;1,4H2,2-3H3;2,4H2,1,3H3;2*1,3H2,2H3;6*1-2H3/b;;;3*9-7-;;;;;;;;;;. The van der Waals surface area contributed by atoms with Crippen LogP contribution in [0.15, 0.2) is 262 Å². The van der Waals surface area contributed by atoms with Crippen LogP contribution in [0.25, 0.3) is 0 Å². The zero-order valence-electron chi connectivity index (χ0n) is 77.9. The predicted molar refractivity (Wildman–Crippen MR) is 509 cm³/mol. The Morgan fingerprint density at radius 1 is 0.378 bits per heavy atom. The lowest BCUT2D eigenvalue weighted by atomic mass is 9.92. The number of nitrogens with zero attached hydrogens (tertiary/aromatic N) is 6. The molecule has 6 aromatic rings.